The molecule has 1 atom stereocenters. The van der Waals surface area contributed by atoms with Gasteiger partial charge in [-0.05, 0) is 48.4 Å². The fraction of sp³-hybridized carbons (Fsp3) is 0.357. The van der Waals surface area contributed by atoms with Gasteiger partial charge in [-0.15, -0.1) is 11.8 Å². The number of nitrogens with one attached hydrogen (secondary N) is 1. The molecule has 1 fully saturated rings. The summed E-state index contributed by atoms with van der Waals surface area (Å²) in [6.07, 6.45) is 3.65. The maximum Gasteiger partial charge on any atom is 0.302 e. The number of benzene rings is 2. The van der Waals surface area contributed by atoms with Gasteiger partial charge in [0.2, 0.25) is 0 Å². The van der Waals surface area contributed by atoms with E-state index in [1.54, 1.807) is 30.6 Å². The second-order valence-electron chi connectivity index (χ2n) is 9.52. The summed E-state index contributed by atoms with van der Waals surface area (Å²) >= 11 is 1.50. The first-order valence-corrected chi connectivity index (χ1v) is 13.9. The van der Waals surface area contributed by atoms with Crippen molar-refractivity contribution in [2.45, 2.75) is 30.5 Å². The van der Waals surface area contributed by atoms with Crippen molar-refractivity contribution in [1.29, 1.82) is 0 Å². The van der Waals surface area contributed by atoms with Gasteiger partial charge >= 0.3 is 5.97 Å². The molecule has 0 aliphatic carbocycles. The number of aromatic nitrogens is 4. The zero-order valence-electron chi connectivity index (χ0n) is 21.6. The number of esters is 1. The van der Waals surface area contributed by atoms with Gasteiger partial charge in [-0.25, -0.2) is 23.7 Å². The first-order valence-electron chi connectivity index (χ1n) is 12.9. The molecule has 1 unspecified atom stereocenters. The first kappa shape index (κ1) is 27.2. The van der Waals surface area contributed by atoms with E-state index in [0.29, 0.717) is 17.9 Å². The van der Waals surface area contributed by atoms with E-state index in [-0.39, 0.29) is 29.7 Å². The van der Waals surface area contributed by atoms with Crippen molar-refractivity contribution in [2.75, 3.05) is 38.5 Å². The minimum Gasteiger partial charge on any atom is -0.460 e. The summed E-state index contributed by atoms with van der Waals surface area (Å²) in [5, 5.41) is 0.762. The van der Waals surface area contributed by atoms with Crippen LogP contribution in [0, 0.1) is 11.6 Å². The van der Waals surface area contributed by atoms with Gasteiger partial charge in [0.1, 0.15) is 34.6 Å². The molecule has 204 valence electrons. The van der Waals surface area contributed by atoms with Crippen LogP contribution in [0.1, 0.15) is 30.5 Å². The molecule has 1 aliphatic rings. The van der Waals surface area contributed by atoms with E-state index in [1.165, 1.54) is 49.3 Å². The third-order valence-electron chi connectivity index (χ3n) is 6.75. The highest BCUT2D eigenvalue weighted by Gasteiger charge is 2.27. The average Bonchev–Trinajstić information content (AvgIpc) is 3.30. The number of hydrogen-bond acceptors (Lipinski definition) is 8. The number of aromatic amines is 1. The molecule has 2 aromatic carbocycles. The molecule has 0 bridgehead atoms. The number of rotatable bonds is 9. The van der Waals surface area contributed by atoms with Crippen LogP contribution in [0.15, 0.2) is 66.2 Å². The second-order valence-corrected chi connectivity index (χ2v) is 10.5. The van der Waals surface area contributed by atoms with Crippen molar-refractivity contribution in [1.82, 2.24) is 29.7 Å². The van der Waals surface area contributed by atoms with Gasteiger partial charge in [-0.3, -0.25) is 14.6 Å². The summed E-state index contributed by atoms with van der Waals surface area (Å²) in [5.41, 5.74) is 3.28. The number of halogens is 2. The van der Waals surface area contributed by atoms with Crippen molar-refractivity contribution in [3.63, 3.8) is 0 Å². The van der Waals surface area contributed by atoms with Crippen molar-refractivity contribution < 1.29 is 18.3 Å². The first-order chi connectivity index (χ1) is 19.0. The molecule has 0 spiro atoms. The second kappa shape index (κ2) is 12.6. The molecule has 0 saturated carbocycles. The zero-order valence-corrected chi connectivity index (χ0v) is 22.4. The smallest absolute Gasteiger partial charge is 0.302 e. The van der Waals surface area contributed by atoms with Crippen molar-refractivity contribution >= 4 is 28.9 Å². The Balaban J connectivity index is 1.27. The van der Waals surface area contributed by atoms with E-state index < -0.39 is 0 Å². The topological polar surface area (TPSA) is 87.2 Å². The third-order valence-corrected chi connectivity index (χ3v) is 7.87. The average molecular weight is 553 g/mol. The standard InChI is InChI=1S/C28H30F2N6O2S/c1-19(37)38-24(16-39-28-25-27(32-17-31-25)33-18-34-28)15-35-11-2-12-36(14-13-35)26(20-3-7-22(29)8-4-20)21-5-9-23(30)10-6-21/h3-10,17-18,24,26H,2,11-16H2,1H3,(H,31,32,33,34). The Morgan fingerprint density at radius 3 is 2.33 bits per heavy atom. The summed E-state index contributed by atoms with van der Waals surface area (Å²) in [6, 6.07) is 12.9. The molecule has 39 heavy (non-hydrogen) atoms. The van der Waals surface area contributed by atoms with Crippen LogP contribution < -0.4 is 0 Å². The molecule has 0 radical (unpaired) electrons. The van der Waals surface area contributed by atoms with Gasteiger partial charge < -0.3 is 9.72 Å². The number of ether oxygens (including phenoxy) is 1. The number of imidazole rings is 1. The van der Waals surface area contributed by atoms with E-state index in [1.807, 2.05) is 0 Å². The Morgan fingerprint density at radius 2 is 1.67 bits per heavy atom. The minimum absolute atomic E-state index is 0.124. The van der Waals surface area contributed by atoms with Crippen LogP contribution in [0.5, 0.6) is 0 Å². The Morgan fingerprint density at radius 1 is 0.974 bits per heavy atom. The number of thioether (sulfide) groups is 1. The zero-order chi connectivity index (χ0) is 27.2. The summed E-state index contributed by atoms with van der Waals surface area (Å²) in [6.45, 7) is 5.20. The van der Waals surface area contributed by atoms with E-state index in [2.05, 4.69) is 29.7 Å². The van der Waals surface area contributed by atoms with E-state index in [0.717, 1.165) is 54.3 Å². The van der Waals surface area contributed by atoms with Crippen LogP contribution in [0.3, 0.4) is 0 Å². The molecular weight excluding hydrogens is 522 g/mol. The van der Waals surface area contributed by atoms with E-state index in [9.17, 15) is 13.6 Å². The van der Waals surface area contributed by atoms with Gasteiger partial charge in [0.15, 0.2) is 5.65 Å². The van der Waals surface area contributed by atoms with Gasteiger partial charge in [0.25, 0.3) is 0 Å². The van der Waals surface area contributed by atoms with E-state index in [4.69, 9.17) is 4.74 Å². The maximum atomic E-state index is 13.7. The lowest BCUT2D eigenvalue weighted by atomic mass is 9.96. The van der Waals surface area contributed by atoms with Crippen LogP contribution >= 0.6 is 11.8 Å². The quantitative estimate of drug-likeness (QED) is 0.185. The lowest BCUT2D eigenvalue weighted by Crippen LogP contribution is -2.39. The number of nitrogens with zero attached hydrogens (tertiary/aromatic N) is 5. The summed E-state index contributed by atoms with van der Waals surface area (Å²) in [5.74, 6) is -0.357. The predicted molar refractivity (Wildman–Crippen MR) is 145 cm³/mol. The van der Waals surface area contributed by atoms with Crippen LogP contribution in [0.2, 0.25) is 0 Å². The highest BCUT2D eigenvalue weighted by Crippen LogP contribution is 2.30. The number of hydrogen-bond donors (Lipinski definition) is 1. The minimum atomic E-state index is -0.322. The molecule has 5 rings (SSSR count). The summed E-state index contributed by atoms with van der Waals surface area (Å²) < 4.78 is 33.1. The van der Waals surface area contributed by atoms with Crippen LogP contribution in [-0.4, -0.2) is 80.3 Å². The lowest BCUT2D eigenvalue weighted by molar-refractivity contribution is -0.146. The van der Waals surface area contributed by atoms with Crippen LogP contribution in [-0.2, 0) is 9.53 Å². The molecule has 1 N–H and O–H groups in total. The molecule has 1 saturated heterocycles. The van der Waals surface area contributed by atoms with Crippen molar-refractivity contribution in [3.05, 3.63) is 83.9 Å². The van der Waals surface area contributed by atoms with Crippen molar-refractivity contribution in [2.24, 2.45) is 0 Å². The predicted octanol–water partition coefficient (Wildman–Crippen LogP) is 4.45. The Bertz CT molecular complexity index is 1340. The van der Waals surface area contributed by atoms with Crippen LogP contribution in [0.25, 0.3) is 11.2 Å². The highest BCUT2D eigenvalue weighted by molar-refractivity contribution is 7.99. The Hall–Kier alpha value is -3.41. The van der Waals surface area contributed by atoms with Crippen molar-refractivity contribution in [3.8, 4) is 0 Å². The van der Waals surface area contributed by atoms with Gasteiger partial charge in [-0.1, -0.05) is 24.3 Å². The molecule has 3 heterocycles. The molecule has 4 aromatic rings. The van der Waals surface area contributed by atoms with Gasteiger partial charge in [-0.2, -0.15) is 0 Å². The molecular formula is C28H30F2N6O2S. The van der Waals surface area contributed by atoms with Crippen LogP contribution in [0.4, 0.5) is 8.78 Å². The Kier molecular flexibility index (Phi) is 8.80. The number of carbonyl (C=O) groups excluding carboxylic acids is 1. The number of H-pyrrole nitrogens is 1. The molecule has 8 nitrogen and oxygen atoms in total. The van der Waals surface area contributed by atoms with Gasteiger partial charge in [0.05, 0.1) is 12.4 Å². The Labute approximate surface area is 229 Å². The normalized spacial score (nSPS) is 15.9. The molecule has 2 aromatic heterocycles. The molecule has 11 heteroatoms. The largest absolute Gasteiger partial charge is 0.460 e. The summed E-state index contributed by atoms with van der Waals surface area (Å²) in [7, 11) is 0. The van der Waals surface area contributed by atoms with E-state index >= 15 is 0 Å². The fourth-order valence-electron chi connectivity index (χ4n) is 5.01. The van der Waals surface area contributed by atoms with Gasteiger partial charge in [0, 0.05) is 38.9 Å². The third kappa shape index (κ3) is 6.97. The highest BCUT2D eigenvalue weighted by atomic mass is 32.2. The fourth-order valence-corrected chi connectivity index (χ4v) is 5.94. The number of fused-ring (bicyclic) bond motifs is 1. The summed E-state index contributed by atoms with van der Waals surface area (Å²) in [4.78, 5) is 32.3. The molecule has 1 aliphatic heterocycles. The molecule has 0 amide bonds. The lowest BCUT2D eigenvalue weighted by Gasteiger charge is -2.32. The SMILES string of the molecule is CC(=O)OC(CSc1ncnc2nc[nH]c12)CN1CCCN(C(c2ccc(F)cc2)c2ccc(F)cc2)CC1. The monoisotopic (exact) mass is 552 g/mol. The maximum absolute atomic E-state index is 13.7. The number of carbonyl (C=O) groups is 1.